The molecule has 162 valence electrons. The number of nitrogens with zero attached hydrogens (tertiary/aromatic N) is 4. The fourth-order valence-electron chi connectivity index (χ4n) is 2.95. The van der Waals surface area contributed by atoms with Crippen LogP contribution in [0.2, 0.25) is 0 Å². The van der Waals surface area contributed by atoms with Crippen LogP contribution < -0.4 is 10.1 Å². The molecule has 0 bridgehead atoms. The van der Waals surface area contributed by atoms with E-state index >= 15 is 0 Å². The lowest BCUT2D eigenvalue weighted by Gasteiger charge is -2.31. The lowest BCUT2D eigenvalue weighted by Crippen LogP contribution is -2.35. The largest absolute Gasteiger partial charge is 0.573 e. The van der Waals surface area contributed by atoms with Crippen molar-refractivity contribution in [2.75, 3.05) is 5.32 Å². The number of alkyl halides is 3. The summed E-state index contributed by atoms with van der Waals surface area (Å²) in [5.41, 5.74) is -0.495. The Bertz CT molecular complexity index is 1040. The van der Waals surface area contributed by atoms with Gasteiger partial charge in [0.25, 0.3) is 5.78 Å². The molecular weight excluding hydrogens is 406 g/mol. The maximum absolute atomic E-state index is 14.3. The van der Waals surface area contributed by atoms with E-state index in [-0.39, 0.29) is 11.5 Å². The van der Waals surface area contributed by atoms with Gasteiger partial charge in [-0.25, -0.2) is 9.37 Å². The zero-order chi connectivity index (χ0) is 22.3. The minimum Gasteiger partial charge on any atom is -0.403 e. The summed E-state index contributed by atoms with van der Waals surface area (Å²) in [6.45, 7) is 6.87. The fraction of sp³-hybridized carbons (Fsp3) is 0.421. The van der Waals surface area contributed by atoms with Crippen LogP contribution in [-0.4, -0.2) is 36.7 Å². The number of rotatable bonds is 6. The zero-order valence-electron chi connectivity index (χ0n) is 16.7. The molecule has 1 aromatic carbocycles. The second kappa shape index (κ2) is 7.71. The predicted molar refractivity (Wildman–Crippen MR) is 101 cm³/mol. The topological polar surface area (TPSA) is 84.6 Å². The molecule has 0 saturated carbocycles. The van der Waals surface area contributed by atoms with Crippen molar-refractivity contribution in [1.29, 1.82) is 0 Å². The van der Waals surface area contributed by atoms with Gasteiger partial charge in [0, 0.05) is 6.07 Å². The average molecular weight is 427 g/mol. The molecule has 2 aromatic heterocycles. The maximum Gasteiger partial charge on any atom is 0.573 e. The first-order valence-electron chi connectivity index (χ1n) is 9.10. The Kier molecular flexibility index (Phi) is 5.59. The molecule has 7 nitrogen and oxygen atoms in total. The molecule has 2 heterocycles. The van der Waals surface area contributed by atoms with E-state index in [1.165, 1.54) is 30.8 Å². The minimum atomic E-state index is -5.01. The SMILES string of the molecule is CC(C)c1cc(N[C@H](c2ccc(OC(F)(F)F)c(F)c2)C(C)(C)O)n2ncnc2n1. The van der Waals surface area contributed by atoms with Crippen molar-refractivity contribution in [3.63, 3.8) is 0 Å². The van der Waals surface area contributed by atoms with Gasteiger partial charge in [0.1, 0.15) is 12.1 Å². The molecule has 0 unspecified atom stereocenters. The van der Waals surface area contributed by atoms with Crippen molar-refractivity contribution in [3.8, 4) is 5.75 Å². The predicted octanol–water partition coefficient (Wildman–Crippen LogP) is 4.21. The summed E-state index contributed by atoms with van der Waals surface area (Å²) in [6.07, 6.45) is -3.70. The summed E-state index contributed by atoms with van der Waals surface area (Å²) < 4.78 is 56.6. The molecule has 0 aliphatic rings. The highest BCUT2D eigenvalue weighted by Crippen LogP contribution is 2.34. The van der Waals surface area contributed by atoms with Crippen LogP contribution >= 0.6 is 0 Å². The van der Waals surface area contributed by atoms with Crippen LogP contribution in [0.1, 0.15) is 50.9 Å². The average Bonchev–Trinajstić information content (AvgIpc) is 3.08. The molecule has 0 aliphatic heterocycles. The van der Waals surface area contributed by atoms with Crippen LogP contribution in [0.15, 0.2) is 30.6 Å². The number of halogens is 4. The van der Waals surface area contributed by atoms with E-state index in [0.717, 1.165) is 12.1 Å². The molecule has 0 amide bonds. The van der Waals surface area contributed by atoms with Crippen molar-refractivity contribution >= 4 is 11.6 Å². The molecule has 3 aromatic rings. The van der Waals surface area contributed by atoms with Crippen LogP contribution in [0.5, 0.6) is 5.75 Å². The minimum absolute atomic E-state index is 0.0732. The van der Waals surface area contributed by atoms with Crippen molar-refractivity contribution in [1.82, 2.24) is 19.6 Å². The normalized spacial score (nSPS) is 13.7. The number of nitrogens with one attached hydrogen (secondary N) is 1. The van der Waals surface area contributed by atoms with Gasteiger partial charge in [-0.15, -0.1) is 13.2 Å². The highest BCUT2D eigenvalue weighted by atomic mass is 19.4. The van der Waals surface area contributed by atoms with Crippen molar-refractivity contribution in [3.05, 3.63) is 47.7 Å². The summed E-state index contributed by atoms with van der Waals surface area (Å²) in [6, 6.07) is 3.84. The highest BCUT2D eigenvalue weighted by molar-refractivity contribution is 5.48. The van der Waals surface area contributed by atoms with E-state index in [2.05, 4.69) is 25.1 Å². The Morgan fingerprint density at radius 3 is 2.43 bits per heavy atom. The van der Waals surface area contributed by atoms with E-state index in [9.17, 15) is 22.7 Å². The smallest absolute Gasteiger partial charge is 0.403 e. The number of aromatic nitrogens is 4. The zero-order valence-corrected chi connectivity index (χ0v) is 16.7. The lowest BCUT2D eigenvalue weighted by molar-refractivity contribution is -0.275. The fourth-order valence-corrected chi connectivity index (χ4v) is 2.95. The van der Waals surface area contributed by atoms with Crippen LogP contribution in [0.3, 0.4) is 0 Å². The van der Waals surface area contributed by atoms with Crippen LogP contribution in [-0.2, 0) is 0 Å². The van der Waals surface area contributed by atoms with Crippen molar-refractivity contribution in [2.24, 2.45) is 0 Å². The Morgan fingerprint density at radius 1 is 1.17 bits per heavy atom. The number of benzene rings is 1. The molecule has 0 radical (unpaired) electrons. The number of fused-ring (bicyclic) bond motifs is 1. The summed E-state index contributed by atoms with van der Waals surface area (Å²) in [5, 5.41) is 17.9. The maximum atomic E-state index is 14.3. The summed E-state index contributed by atoms with van der Waals surface area (Å²) in [7, 11) is 0. The monoisotopic (exact) mass is 427 g/mol. The standard InChI is InChI=1S/C19H21F4N5O2/c1-10(2)13-8-15(28-17(26-13)24-9-25-28)27-16(18(3,4)29)11-5-6-14(12(20)7-11)30-19(21,22)23/h5-10,16,27,29H,1-4H3/t16-/m1/s1. The summed E-state index contributed by atoms with van der Waals surface area (Å²) >= 11 is 0. The molecule has 0 aliphatic carbocycles. The number of anilines is 1. The Hall–Kier alpha value is -2.95. The van der Waals surface area contributed by atoms with E-state index in [0.29, 0.717) is 17.3 Å². The second-order valence-corrected chi connectivity index (χ2v) is 7.66. The van der Waals surface area contributed by atoms with Gasteiger partial charge in [0.2, 0.25) is 0 Å². The van der Waals surface area contributed by atoms with E-state index in [4.69, 9.17) is 0 Å². The summed E-state index contributed by atoms with van der Waals surface area (Å²) in [5.74, 6) is -1.32. The van der Waals surface area contributed by atoms with Gasteiger partial charge in [0.05, 0.1) is 17.3 Å². The molecule has 1 atom stereocenters. The Balaban J connectivity index is 2.02. The van der Waals surface area contributed by atoms with Gasteiger partial charge < -0.3 is 15.2 Å². The van der Waals surface area contributed by atoms with E-state index in [1.807, 2.05) is 13.8 Å². The third-order valence-electron chi connectivity index (χ3n) is 4.38. The third-order valence-corrected chi connectivity index (χ3v) is 4.38. The molecule has 30 heavy (non-hydrogen) atoms. The first-order valence-corrected chi connectivity index (χ1v) is 9.10. The number of hydrogen-bond acceptors (Lipinski definition) is 6. The van der Waals surface area contributed by atoms with Gasteiger partial charge in [-0.2, -0.15) is 14.6 Å². The van der Waals surface area contributed by atoms with Crippen molar-refractivity contribution in [2.45, 2.75) is 51.6 Å². The van der Waals surface area contributed by atoms with Crippen molar-refractivity contribution < 1.29 is 27.4 Å². The van der Waals surface area contributed by atoms with Crippen LogP contribution in [0.25, 0.3) is 5.78 Å². The Labute approximate surface area is 169 Å². The number of hydrogen-bond donors (Lipinski definition) is 2. The highest BCUT2D eigenvalue weighted by Gasteiger charge is 2.34. The third kappa shape index (κ3) is 4.78. The summed E-state index contributed by atoms with van der Waals surface area (Å²) in [4.78, 5) is 8.48. The molecule has 0 saturated heterocycles. The lowest BCUT2D eigenvalue weighted by atomic mass is 9.91. The molecule has 11 heteroatoms. The van der Waals surface area contributed by atoms with Gasteiger partial charge in [-0.1, -0.05) is 19.9 Å². The second-order valence-electron chi connectivity index (χ2n) is 7.66. The number of ether oxygens (including phenoxy) is 1. The Morgan fingerprint density at radius 2 is 1.87 bits per heavy atom. The molecule has 0 fully saturated rings. The van der Waals surface area contributed by atoms with E-state index < -0.39 is 29.6 Å². The van der Waals surface area contributed by atoms with Gasteiger partial charge in [-0.05, 0) is 37.5 Å². The first kappa shape index (κ1) is 21.8. The molecule has 0 spiro atoms. The van der Waals surface area contributed by atoms with Gasteiger partial charge in [0.15, 0.2) is 11.6 Å². The first-order chi connectivity index (χ1) is 13.8. The molecular formula is C19H21F4N5O2. The quantitative estimate of drug-likeness (QED) is 0.574. The van der Waals surface area contributed by atoms with Gasteiger partial charge >= 0.3 is 6.36 Å². The van der Waals surface area contributed by atoms with Crippen LogP contribution in [0, 0.1) is 5.82 Å². The van der Waals surface area contributed by atoms with Crippen LogP contribution in [0.4, 0.5) is 23.4 Å². The molecule has 2 N–H and O–H groups in total. The molecule has 3 rings (SSSR count). The number of aliphatic hydroxyl groups is 1. The van der Waals surface area contributed by atoms with Gasteiger partial charge in [-0.3, -0.25) is 0 Å². The van der Waals surface area contributed by atoms with E-state index in [1.54, 1.807) is 6.07 Å².